The second-order valence-corrected chi connectivity index (χ2v) is 7.53. The van der Waals surface area contributed by atoms with Gasteiger partial charge >= 0.3 is 0 Å². The van der Waals surface area contributed by atoms with E-state index < -0.39 is 10.0 Å². The summed E-state index contributed by atoms with van der Waals surface area (Å²) < 4.78 is 27.5. The van der Waals surface area contributed by atoms with Gasteiger partial charge in [0, 0.05) is 11.4 Å². The zero-order chi connectivity index (χ0) is 15.3. The van der Waals surface area contributed by atoms with E-state index in [1.165, 1.54) is 11.3 Å². The maximum atomic E-state index is 12.5. The van der Waals surface area contributed by atoms with Crippen LogP contribution in [0.2, 0.25) is 5.02 Å². The molecular weight excluding hydrogens is 328 g/mol. The third-order valence-electron chi connectivity index (χ3n) is 2.82. The molecule has 0 bridgehead atoms. The lowest BCUT2D eigenvalue weighted by atomic mass is 10.3. The minimum atomic E-state index is -3.62. The van der Waals surface area contributed by atoms with Crippen molar-refractivity contribution in [3.05, 3.63) is 45.6 Å². The summed E-state index contributed by atoms with van der Waals surface area (Å²) in [5, 5.41) is 5.38. The first-order valence-electron chi connectivity index (χ1n) is 6.59. The van der Waals surface area contributed by atoms with Crippen LogP contribution in [-0.4, -0.2) is 15.0 Å². The monoisotopic (exact) mass is 344 g/mol. The Kier molecular flexibility index (Phi) is 5.64. The van der Waals surface area contributed by atoms with Gasteiger partial charge in [0.1, 0.15) is 4.90 Å². The van der Waals surface area contributed by atoms with E-state index in [-0.39, 0.29) is 0 Å². The Hall–Kier alpha value is -1.08. The van der Waals surface area contributed by atoms with Gasteiger partial charge < -0.3 is 5.32 Å². The molecule has 21 heavy (non-hydrogen) atoms. The number of nitrogens with one attached hydrogen (secondary N) is 2. The molecular formula is C14H17ClN2O2S2. The fraction of sp³-hybridized carbons (Fsp3) is 0.286. The minimum absolute atomic E-state index is 0.302. The third-order valence-corrected chi connectivity index (χ3v) is 5.65. The molecule has 2 N–H and O–H groups in total. The standard InChI is InChI=1S/C14H17ClN2O2S2/c1-2-8-16-10-13-14(7-9-20-13)21(18,19)17-12-6-4-3-5-11(12)15/h3-7,9,16-17H,2,8,10H2,1H3. The van der Waals surface area contributed by atoms with Gasteiger partial charge in [0.2, 0.25) is 0 Å². The first-order valence-corrected chi connectivity index (χ1v) is 9.33. The fourth-order valence-electron chi connectivity index (χ4n) is 1.82. The third kappa shape index (κ3) is 4.20. The van der Waals surface area contributed by atoms with Crippen molar-refractivity contribution in [2.24, 2.45) is 0 Å². The Labute approximate surface area is 134 Å². The number of hydrogen-bond acceptors (Lipinski definition) is 4. The number of halogens is 1. The van der Waals surface area contributed by atoms with E-state index in [4.69, 9.17) is 11.6 Å². The summed E-state index contributed by atoms with van der Waals surface area (Å²) in [6.45, 7) is 3.47. The molecule has 0 spiro atoms. The van der Waals surface area contributed by atoms with E-state index in [2.05, 4.69) is 17.0 Å². The first kappa shape index (κ1) is 16.3. The molecule has 0 aliphatic heterocycles. The van der Waals surface area contributed by atoms with Crippen LogP contribution in [0, 0.1) is 0 Å². The molecule has 0 fully saturated rings. The van der Waals surface area contributed by atoms with Gasteiger partial charge in [-0.25, -0.2) is 8.42 Å². The Balaban J connectivity index is 2.20. The summed E-state index contributed by atoms with van der Waals surface area (Å²) in [6, 6.07) is 8.40. The van der Waals surface area contributed by atoms with Crippen LogP contribution < -0.4 is 10.0 Å². The second-order valence-electron chi connectivity index (χ2n) is 4.47. The number of sulfonamides is 1. The van der Waals surface area contributed by atoms with Crippen molar-refractivity contribution in [2.75, 3.05) is 11.3 Å². The van der Waals surface area contributed by atoms with Crippen molar-refractivity contribution in [3.8, 4) is 0 Å². The number of anilines is 1. The highest BCUT2D eigenvalue weighted by Crippen LogP contribution is 2.27. The largest absolute Gasteiger partial charge is 0.312 e. The van der Waals surface area contributed by atoms with Crippen LogP contribution in [0.3, 0.4) is 0 Å². The summed E-state index contributed by atoms with van der Waals surface area (Å²) >= 11 is 7.42. The Morgan fingerprint density at radius 1 is 1.24 bits per heavy atom. The van der Waals surface area contributed by atoms with E-state index in [9.17, 15) is 8.42 Å². The van der Waals surface area contributed by atoms with Crippen molar-refractivity contribution < 1.29 is 8.42 Å². The maximum absolute atomic E-state index is 12.5. The molecule has 0 atom stereocenters. The lowest BCUT2D eigenvalue weighted by molar-refractivity contribution is 0.599. The van der Waals surface area contributed by atoms with E-state index >= 15 is 0 Å². The Morgan fingerprint density at radius 2 is 2.00 bits per heavy atom. The summed E-state index contributed by atoms with van der Waals surface area (Å²) in [5.74, 6) is 0. The van der Waals surface area contributed by atoms with Crippen LogP contribution in [0.25, 0.3) is 0 Å². The number of benzene rings is 1. The van der Waals surface area contributed by atoms with E-state index in [0.717, 1.165) is 17.8 Å². The molecule has 0 saturated carbocycles. The van der Waals surface area contributed by atoms with Crippen molar-refractivity contribution in [1.82, 2.24) is 5.32 Å². The maximum Gasteiger partial charge on any atom is 0.263 e. The van der Waals surface area contributed by atoms with Crippen molar-refractivity contribution in [1.29, 1.82) is 0 Å². The van der Waals surface area contributed by atoms with Crippen molar-refractivity contribution in [2.45, 2.75) is 24.8 Å². The van der Waals surface area contributed by atoms with E-state index in [1.54, 1.807) is 35.7 Å². The second kappa shape index (κ2) is 7.26. The van der Waals surface area contributed by atoms with Gasteiger partial charge in [-0.2, -0.15) is 0 Å². The predicted molar refractivity (Wildman–Crippen MR) is 88.6 cm³/mol. The molecule has 0 saturated heterocycles. The lowest BCUT2D eigenvalue weighted by Gasteiger charge is -2.10. The molecule has 0 unspecified atom stereocenters. The Morgan fingerprint density at radius 3 is 2.71 bits per heavy atom. The molecule has 0 aliphatic carbocycles. The molecule has 4 nitrogen and oxygen atoms in total. The molecule has 0 radical (unpaired) electrons. The number of para-hydroxylation sites is 1. The van der Waals surface area contributed by atoms with Crippen LogP contribution in [0.15, 0.2) is 40.6 Å². The molecule has 1 aromatic heterocycles. The highest BCUT2D eigenvalue weighted by atomic mass is 35.5. The molecule has 2 rings (SSSR count). The van der Waals surface area contributed by atoms with Crippen LogP contribution in [0.4, 0.5) is 5.69 Å². The molecule has 0 amide bonds. The van der Waals surface area contributed by atoms with Gasteiger partial charge in [0.15, 0.2) is 0 Å². The van der Waals surface area contributed by atoms with Gasteiger partial charge in [-0.15, -0.1) is 11.3 Å². The van der Waals surface area contributed by atoms with Crippen LogP contribution in [0.1, 0.15) is 18.2 Å². The quantitative estimate of drug-likeness (QED) is 0.753. The molecule has 114 valence electrons. The summed E-state index contributed by atoms with van der Waals surface area (Å²) in [5.41, 5.74) is 0.387. The number of thiophene rings is 1. The van der Waals surface area contributed by atoms with Gasteiger partial charge in [0.25, 0.3) is 10.0 Å². The molecule has 0 aliphatic rings. The molecule has 7 heteroatoms. The Bertz CT molecular complexity index is 699. The van der Waals surface area contributed by atoms with Gasteiger partial charge in [-0.3, -0.25) is 4.72 Å². The zero-order valence-corrected chi connectivity index (χ0v) is 14.0. The summed E-state index contributed by atoms with van der Waals surface area (Å²) in [4.78, 5) is 1.10. The smallest absolute Gasteiger partial charge is 0.263 e. The van der Waals surface area contributed by atoms with Gasteiger partial charge in [-0.1, -0.05) is 30.7 Å². The topological polar surface area (TPSA) is 58.2 Å². The average molecular weight is 345 g/mol. The minimum Gasteiger partial charge on any atom is -0.312 e. The van der Waals surface area contributed by atoms with Crippen LogP contribution in [-0.2, 0) is 16.6 Å². The summed E-state index contributed by atoms with van der Waals surface area (Å²) in [6.07, 6.45) is 1.01. The predicted octanol–water partition coefficient (Wildman–Crippen LogP) is 3.70. The molecule has 2 aromatic rings. The molecule has 1 heterocycles. The zero-order valence-electron chi connectivity index (χ0n) is 11.6. The molecule has 1 aromatic carbocycles. The highest BCUT2D eigenvalue weighted by Gasteiger charge is 2.20. The van der Waals surface area contributed by atoms with Gasteiger partial charge in [-0.05, 0) is 36.5 Å². The fourth-order valence-corrected chi connectivity index (χ4v) is 4.55. The van der Waals surface area contributed by atoms with E-state index in [1.807, 2.05) is 0 Å². The average Bonchev–Trinajstić information content (AvgIpc) is 2.91. The summed E-state index contributed by atoms with van der Waals surface area (Å²) in [7, 11) is -3.62. The van der Waals surface area contributed by atoms with Crippen LogP contribution in [0.5, 0.6) is 0 Å². The van der Waals surface area contributed by atoms with E-state index in [0.29, 0.717) is 22.2 Å². The number of hydrogen-bond donors (Lipinski definition) is 2. The SMILES string of the molecule is CCCNCc1sccc1S(=O)(=O)Nc1ccccc1Cl. The highest BCUT2D eigenvalue weighted by molar-refractivity contribution is 7.93. The number of rotatable bonds is 7. The first-order chi connectivity index (χ1) is 10.0. The lowest BCUT2D eigenvalue weighted by Crippen LogP contribution is -2.18. The normalized spacial score (nSPS) is 11.5. The van der Waals surface area contributed by atoms with Crippen molar-refractivity contribution >= 4 is 38.6 Å². The van der Waals surface area contributed by atoms with Crippen LogP contribution >= 0.6 is 22.9 Å². The van der Waals surface area contributed by atoms with Crippen molar-refractivity contribution in [3.63, 3.8) is 0 Å². The van der Waals surface area contributed by atoms with Gasteiger partial charge in [0.05, 0.1) is 10.7 Å².